The van der Waals surface area contributed by atoms with Gasteiger partial charge in [-0.1, -0.05) is 42.0 Å². The molecule has 1 saturated heterocycles. The van der Waals surface area contributed by atoms with E-state index in [9.17, 15) is 4.79 Å². The summed E-state index contributed by atoms with van der Waals surface area (Å²) in [5.41, 5.74) is 3.34. The standard InChI is InChI=1S/C21H25NO3/c1-14-5-7-16(8-6-14)20-19(15-9-11-17(24-4)12-10-15)18(13-22(2)3)21(23)25-20/h5-12,18-20H,13H2,1-4H3/t18?,19-,20-/m1/s1. The SMILES string of the molecule is COc1ccc([C@@H]2C(CN(C)C)C(=O)O[C@@H]2c2ccc(C)cc2)cc1. The second-order valence-corrected chi connectivity index (χ2v) is 6.94. The predicted octanol–water partition coefficient (Wildman–Crippen LogP) is 3.56. The fourth-order valence-electron chi connectivity index (χ4n) is 3.49. The number of hydrogen-bond acceptors (Lipinski definition) is 4. The van der Waals surface area contributed by atoms with Gasteiger partial charge in [-0.25, -0.2) is 0 Å². The van der Waals surface area contributed by atoms with Crippen LogP contribution >= 0.6 is 0 Å². The van der Waals surface area contributed by atoms with Gasteiger partial charge >= 0.3 is 5.97 Å². The van der Waals surface area contributed by atoms with Crippen LogP contribution in [0.2, 0.25) is 0 Å². The van der Waals surface area contributed by atoms with Crippen LogP contribution in [-0.4, -0.2) is 38.6 Å². The van der Waals surface area contributed by atoms with Crippen molar-refractivity contribution in [1.82, 2.24) is 4.90 Å². The van der Waals surface area contributed by atoms with Gasteiger partial charge in [0, 0.05) is 12.5 Å². The largest absolute Gasteiger partial charge is 0.497 e. The van der Waals surface area contributed by atoms with Crippen LogP contribution in [-0.2, 0) is 9.53 Å². The number of carbonyl (C=O) groups is 1. The Balaban J connectivity index is 2.00. The average molecular weight is 339 g/mol. The minimum atomic E-state index is -0.258. The normalized spacial score (nSPS) is 22.9. The van der Waals surface area contributed by atoms with Gasteiger partial charge in [-0.3, -0.25) is 4.79 Å². The number of hydrogen-bond donors (Lipinski definition) is 0. The molecule has 1 aliphatic rings. The van der Waals surface area contributed by atoms with Crippen LogP contribution in [0.5, 0.6) is 5.75 Å². The van der Waals surface area contributed by atoms with Crippen LogP contribution in [0.4, 0.5) is 0 Å². The van der Waals surface area contributed by atoms with E-state index in [0.717, 1.165) is 16.9 Å². The molecule has 1 fully saturated rings. The molecule has 3 rings (SSSR count). The van der Waals surface area contributed by atoms with Gasteiger partial charge in [0.2, 0.25) is 0 Å². The highest BCUT2D eigenvalue weighted by molar-refractivity contribution is 5.77. The summed E-state index contributed by atoms with van der Waals surface area (Å²) in [6.45, 7) is 2.72. The number of cyclic esters (lactones) is 1. The van der Waals surface area contributed by atoms with Gasteiger partial charge < -0.3 is 14.4 Å². The van der Waals surface area contributed by atoms with Gasteiger partial charge in [0.25, 0.3) is 0 Å². The first-order chi connectivity index (χ1) is 12.0. The maximum absolute atomic E-state index is 12.6. The van der Waals surface area contributed by atoms with Crippen LogP contribution in [0.15, 0.2) is 48.5 Å². The molecule has 132 valence electrons. The minimum Gasteiger partial charge on any atom is -0.497 e. The number of carbonyl (C=O) groups excluding carboxylic acids is 1. The van der Waals surface area contributed by atoms with Crippen LogP contribution < -0.4 is 4.74 Å². The van der Waals surface area contributed by atoms with E-state index in [1.165, 1.54) is 5.56 Å². The van der Waals surface area contributed by atoms with E-state index in [-0.39, 0.29) is 23.9 Å². The molecule has 2 aromatic carbocycles. The minimum absolute atomic E-state index is 0.0106. The molecule has 0 aliphatic carbocycles. The number of esters is 1. The molecule has 25 heavy (non-hydrogen) atoms. The summed E-state index contributed by atoms with van der Waals surface area (Å²) in [6, 6.07) is 16.2. The van der Waals surface area contributed by atoms with E-state index in [0.29, 0.717) is 6.54 Å². The van der Waals surface area contributed by atoms with Crippen molar-refractivity contribution < 1.29 is 14.3 Å². The van der Waals surface area contributed by atoms with Gasteiger partial charge in [0.15, 0.2) is 0 Å². The van der Waals surface area contributed by atoms with Crippen molar-refractivity contribution in [3.05, 3.63) is 65.2 Å². The molecule has 0 saturated carbocycles. The average Bonchev–Trinajstić information content (AvgIpc) is 2.91. The fourth-order valence-corrected chi connectivity index (χ4v) is 3.49. The molecule has 2 aromatic rings. The first kappa shape index (κ1) is 17.5. The molecule has 4 nitrogen and oxygen atoms in total. The number of nitrogens with zero attached hydrogens (tertiary/aromatic N) is 1. The van der Waals surface area contributed by atoms with Gasteiger partial charge in [-0.15, -0.1) is 0 Å². The molecule has 0 radical (unpaired) electrons. The Labute approximate surface area is 149 Å². The molecular weight excluding hydrogens is 314 g/mol. The Morgan fingerprint density at radius 2 is 1.60 bits per heavy atom. The van der Waals surface area contributed by atoms with Crippen molar-refractivity contribution in [2.45, 2.75) is 18.9 Å². The molecule has 0 amide bonds. The van der Waals surface area contributed by atoms with E-state index in [1.54, 1.807) is 7.11 Å². The van der Waals surface area contributed by atoms with Crippen molar-refractivity contribution in [2.75, 3.05) is 27.7 Å². The zero-order valence-corrected chi connectivity index (χ0v) is 15.2. The summed E-state index contributed by atoms with van der Waals surface area (Å²) in [4.78, 5) is 14.6. The molecule has 0 N–H and O–H groups in total. The zero-order valence-electron chi connectivity index (χ0n) is 15.2. The van der Waals surface area contributed by atoms with E-state index in [4.69, 9.17) is 9.47 Å². The predicted molar refractivity (Wildman–Crippen MR) is 97.8 cm³/mol. The Morgan fingerprint density at radius 1 is 1.00 bits per heavy atom. The number of rotatable bonds is 5. The lowest BCUT2D eigenvalue weighted by Crippen LogP contribution is -2.28. The molecule has 0 spiro atoms. The Hall–Kier alpha value is -2.33. The Bertz CT molecular complexity index is 722. The fraction of sp³-hybridized carbons (Fsp3) is 0.381. The highest BCUT2D eigenvalue weighted by atomic mass is 16.6. The smallest absolute Gasteiger partial charge is 0.311 e. The molecule has 0 aromatic heterocycles. The monoisotopic (exact) mass is 339 g/mol. The number of aryl methyl sites for hydroxylation is 1. The van der Waals surface area contributed by atoms with Crippen LogP contribution in [0.1, 0.15) is 28.7 Å². The van der Waals surface area contributed by atoms with E-state index >= 15 is 0 Å². The summed E-state index contributed by atoms with van der Waals surface area (Å²) in [7, 11) is 5.62. The van der Waals surface area contributed by atoms with E-state index in [1.807, 2.05) is 43.3 Å². The summed E-state index contributed by atoms with van der Waals surface area (Å²) < 4.78 is 11.1. The number of methoxy groups -OCH3 is 1. The van der Waals surface area contributed by atoms with Gasteiger partial charge in [0.05, 0.1) is 13.0 Å². The van der Waals surface area contributed by atoms with Crippen molar-refractivity contribution in [1.29, 1.82) is 0 Å². The first-order valence-electron chi connectivity index (χ1n) is 8.55. The lowest BCUT2D eigenvalue weighted by molar-refractivity contribution is -0.144. The highest BCUT2D eigenvalue weighted by Crippen LogP contribution is 2.46. The van der Waals surface area contributed by atoms with Crippen LogP contribution in [0, 0.1) is 12.8 Å². The molecule has 4 heteroatoms. The Morgan fingerprint density at radius 3 is 2.16 bits per heavy atom. The van der Waals surface area contributed by atoms with Crippen LogP contribution in [0.3, 0.4) is 0 Å². The molecule has 1 heterocycles. The maximum Gasteiger partial charge on any atom is 0.311 e. The first-order valence-corrected chi connectivity index (χ1v) is 8.55. The summed E-state index contributed by atoms with van der Waals surface area (Å²) in [5.74, 6) is 0.489. The topological polar surface area (TPSA) is 38.8 Å². The maximum atomic E-state index is 12.6. The highest BCUT2D eigenvalue weighted by Gasteiger charge is 2.46. The number of ether oxygens (including phenoxy) is 2. The van der Waals surface area contributed by atoms with Crippen molar-refractivity contribution >= 4 is 5.97 Å². The third-order valence-electron chi connectivity index (χ3n) is 4.77. The summed E-state index contributed by atoms with van der Waals surface area (Å²) in [6.07, 6.45) is -0.258. The van der Waals surface area contributed by atoms with Gasteiger partial charge in [0.1, 0.15) is 11.9 Å². The molecule has 1 aliphatic heterocycles. The van der Waals surface area contributed by atoms with Crippen LogP contribution in [0.25, 0.3) is 0 Å². The molecule has 0 bridgehead atoms. The van der Waals surface area contributed by atoms with Crippen molar-refractivity contribution in [3.63, 3.8) is 0 Å². The third kappa shape index (κ3) is 3.69. The number of benzene rings is 2. The van der Waals surface area contributed by atoms with E-state index < -0.39 is 0 Å². The second kappa shape index (κ2) is 7.28. The molecular formula is C21H25NO3. The quantitative estimate of drug-likeness (QED) is 0.781. The Kier molecular flexibility index (Phi) is 5.09. The van der Waals surface area contributed by atoms with Gasteiger partial charge in [-0.05, 0) is 44.3 Å². The molecule has 3 atom stereocenters. The summed E-state index contributed by atoms with van der Waals surface area (Å²) in [5, 5.41) is 0. The zero-order chi connectivity index (χ0) is 18.0. The summed E-state index contributed by atoms with van der Waals surface area (Å²) >= 11 is 0. The lowest BCUT2D eigenvalue weighted by Gasteiger charge is -2.24. The van der Waals surface area contributed by atoms with Gasteiger partial charge in [-0.2, -0.15) is 0 Å². The third-order valence-corrected chi connectivity index (χ3v) is 4.77. The van der Waals surface area contributed by atoms with E-state index in [2.05, 4.69) is 31.2 Å². The lowest BCUT2D eigenvalue weighted by atomic mass is 9.81. The second-order valence-electron chi connectivity index (χ2n) is 6.94. The molecule has 1 unspecified atom stereocenters. The van der Waals surface area contributed by atoms with Crippen molar-refractivity contribution in [2.24, 2.45) is 5.92 Å². The van der Waals surface area contributed by atoms with Crippen molar-refractivity contribution in [3.8, 4) is 5.75 Å².